The molecule has 0 radical (unpaired) electrons. The molecule has 1 heterocycles. The molecule has 2 amide bonds. The van der Waals surface area contributed by atoms with Gasteiger partial charge in [0.15, 0.2) is 0 Å². The van der Waals surface area contributed by atoms with Gasteiger partial charge >= 0.3 is 0 Å². The molecule has 4 heteroatoms. The maximum absolute atomic E-state index is 12.1. The van der Waals surface area contributed by atoms with Gasteiger partial charge in [0.2, 0.25) is 5.91 Å². The summed E-state index contributed by atoms with van der Waals surface area (Å²) in [6.07, 6.45) is 2.51. The first-order valence-electron chi connectivity index (χ1n) is 5.93. The highest BCUT2D eigenvalue weighted by Crippen LogP contribution is 2.26. The van der Waals surface area contributed by atoms with Crippen LogP contribution in [0.15, 0.2) is 30.3 Å². The number of hydrogen-bond donors (Lipinski definition) is 1. The number of nitrogens with one attached hydrogen (secondary N) is 1. The number of anilines is 1. The molecule has 17 heavy (non-hydrogen) atoms. The zero-order chi connectivity index (χ0) is 11.8. The van der Waals surface area contributed by atoms with Crippen LogP contribution in [0.3, 0.4) is 0 Å². The summed E-state index contributed by atoms with van der Waals surface area (Å²) in [6.45, 7) is 0. The number of amides is 2. The summed E-state index contributed by atoms with van der Waals surface area (Å²) in [5.74, 6) is -0.229. The van der Waals surface area contributed by atoms with Gasteiger partial charge in [-0.05, 0) is 25.0 Å². The standard InChI is InChI=1S/C13H14N2O2/c16-12-8-11(14-9-6-7-9)13(17)15(12)10-4-2-1-3-5-10/h1-5,9,11,14H,6-8H2/t11-/m0/s1. The van der Waals surface area contributed by atoms with Crippen LogP contribution in [0.5, 0.6) is 0 Å². The van der Waals surface area contributed by atoms with E-state index in [0.717, 1.165) is 12.8 Å². The van der Waals surface area contributed by atoms with E-state index in [1.54, 1.807) is 12.1 Å². The Bertz CT molecular complexity index is 454. The Hall–Kier alpha value is -1.68. The molecule has 0 bridgehead atoms. The van der Waals surface area contributed by atoms with Crippen LogP contribution >= 0.6 is 0 Å². The van der Waals surface area contributed by atoms with E-state index < -0.39 is 0 Å². The molecule has 88 valence electrons. The average Bonchev–Trinajstić information content (AvgIpc) is 3.09. The van der Waals surface area contributed by atoms with Gasteiger partial charge in [0.1, 0.15) is 0 Å². The van der Waals surface area contributed by atoms with Crippen molar-refractivity contribution in [2.45, 2.75) is 31.3 Å². The van der Waals surface area contributed by atoms with Gasteiger partial charge in [0, 0.05) is 6.04 Å². The van der Waals surface area contributed by atoms with Gasteiger partial charge in [-0.1, -0.05) is 18.2 Å². The Morgan fingerprint density at radius 2 is 1.82 bits per heavy atom. The lowest BCUT2D eigenvalue weighted by molar-refractivity contribution is -0.121. The number of carbonyl (C=O) groups is 2. The Balaban J connectivity index is 1.81. The minimum atomic E-state index is -0.324. The molecule has 0 unspecified atom stereocenters. The summed E-state index contributed by atoms with van der Waals surface area (Å²) in [4.78, 5) is 25.3. The molecular formula is C13H14N2O2. The van der Waals surface area contributed by atoms with Crippen LogP contribution < -0.4 is 10.2 Å². The molecule has 0 spiro atoms. The van der Waals surface area contributed by atoms with Crippen molar-refractivity contribution >= 4 is 17.5 Å². The van der Waals surface area contributed by atoms with Crippen LogP contribution in [-0.4, -0.2) is 23.9 Å². The zero-order valence-corrected chi connectivity index (χ0v) is 9.43. The Morgan fingerprint density at radius 1 is 1.12 bits per heavy atom. The smallest absolute Gasteiger partial charge is 0.251 e. The average molecular weight is 230 g/mol. The zero-order valence-electron chi connectivity index (χ0n) is 9.43. The second kappa shape index (κ2) is 3.96. The minimum absolute atomic E-state index is 0.112. The number of carbonyl (C=O) groups excluding carboxylic acids is 2. The molecule has 4 nitrogen and oxygen atoms in total. The van der Waals surface area contributed by atoms with Crippen molar-refractivity contribution < 1.29 is 9.59 Å². The summed E-state index contributed by atoms with van der Waals surface area (Å²) in [5, 5.41) is 3.22. The van der Waals surface area contributed by atoms with Crippen molar-refractivity contribution in [1.29, 1.82) is 0 Å². The second-order valence-corrected chi connectivity index (χ2v) is 4.60. The normalized spacial score (nSPS) is 24.5. The van der Waals surface area contributed by atoms with Crippen LogP contribution in [0.4, 0.5) is 5.69 Å². The predicted molar refractivity (Wildman–Crippen MR) is 63.5 cm³/mol. The van der Waals surface area contributed by atoms with E-state index in [9.17, 15) is 9.59 Å². The summed E-state index contributed by atoms with van der Waals surface area (Å²) in [7, 11) is 0. The summed E-state index contributed by atoms with van der Waals surface area (Å²) >= 11 is 0. The third-order valence-corrected chi connectivity index (χ3v) is 3.18. The number of nitrogens with zero attached hydrogens (tertiary/aromatic N) is 1. The highest BCUT2D eigenvalue weighted by Gasteiger charge is 2.41. The second-order valence-electron chi connectivity index (χ2n) is 4.60. The molecule has 1 saturated carbocycles. The van der Waals surface area contributed by atoms with Crippen molar-refractivity contribution in [2.24, 2.45) is 0 Å². The third-order valence-electron chi connectivity index (χ3n) is 3.18. The molecule has 1 aliphatic heterocycles. The van der Waals surface area contributed by atoms with E-state index in [2.05, 4.69) is 5.32 Å². The van der Waals surface area contributed by atoms with Gasteiger partial charge in [-0.15, -0.1) is 0 Å². The number of benzene rings is 1. The molecule has 3 rings (SSSR count). The van der Waals surface area contributed by atoms with Crippen LogP contribution in [0.1, 0.15) is 19.3 Å². The first-order chi connectivity index (χ1) is 8.25. The summed E-state index contributed by atoms with van der Waals surface area (Å²) < 4.78 is 0. The number of hydrogen-bond acceptors (Lipinski definition) is 3. The van der Waals surface area contributed by atoms with E-state index in [4.69, 9.17) is 0 Å². The van der Waals surface area contributed by atoms with Gasteiger partial charge < -0.3 is 5.32 Å². The fraction of sp³-hybridized carbons (Fsp3) is 0.385. The SMILES string of the molecule is O=C1C[C@H](NC2CC2)C(=O)N1c1ccccc1. The summed E-state index contributed by atoms with van der Waals surface area (Å²) in [5.41, 5.74) is 0.669. The molecule has 1 saturated heterocycles. The lowest BCUT2D eigenvalue weighted by Crippen LogP contribution is -2.39. The van der Waals surface area contributed by atoms with Crippen LogP contribution in [0, 0.1) is 0 Å². The van der Waals surface area contributed by atoms with Crippen molar-refractivity contribution in [3.8, 4) is 0 Å². The van der Waals surface area contributed by atoms with E-state index >= 15 is 0 Å². The van der Waals surface area contributed by atoms with E-state index in [-0.39, 0.29) is 24.3 Å². The largest absolute Gasteiger partial charge is 0.303 e. The maximum Gasteiger partial charge on any atom is 0.251 e. The van der Waals surface area contributed by atoms with E-state index in [1.165, 1.54) is 4.90 Å². The molecule has 0 aromatic heterocycles. The Labute approximate surface area is 99.6 Å². The van der Waals surface area contributed by atoms with Crippen LogP contribution in [0.25, 0.3) is 0 Å². The highest BCUT2D eigenvalue weighted by molar-refractivity contribution is 6.22. The summed E-state index contributed by atoms with van der Waals surface area (Å²) in [6, 6.07) is 9.22. The van der Waals surface area contributed by atoms with Crippen molar-refractivity contribution in [3.63, 3.8) is 0 Å². The third kappa shape index (κ3) is 1.96. The molecule has 1 N–H and O–H groups in total. The van der Waals surface area contributed by atoms with Crippen LogP contribution in [-0.2, 0) is 9.59 Å². The number of rotatable bonds is 3. The van der Waals surface area contributed by atoms with Crippen molar-refractivity contribution in [1.82, 2.24) is 5.32 Å². The Kier molecular flexibility index (Phi) is 2.44. The molecule has 1 aromatic carbocycles. The molecule has 2 aliphatic rings. The van der Waals surface area contributed by atoms with E-state index in [1.807, 2.05) is 18.2 Å². The van der Waals surface area contributed by atoms with Gasteiger partial charge in [-0.3, -0.25) is 9.59 Å². The predicted octanol–water partition coefficient (Wildman–Crippen LogP) is 1.07. The van der Waals surface area contributed by atoms with Gasteiger partial charge in [-0.2, -0.15) is 0 Å². The molecule has 2 fully saturated rings. The maximum atomic E-state index is 12.1. The van der Waals surface area contributed by atoms with Crippen molar-refractivity contribution in [2.75, 3.05) is 4.90 Å². The van der Waals surface area contributed by atoms with Gasteiger partial charge in [-0.25, -0.2) is 4.90 Å². The first-order valence-corrected chi connectivity index (χ1v) is 5.93. The van der Waals surface area contributed by atoms with E-state index in [0.29, 0.717) is 11.7 Å². The van der Waals surface area contributed by atoms with Gasteiger partial charge in [0.25, 0.3) is 5.91 Å². The molecule has 1 aromatic rings. The van der Waals surface area contributed by atoms with Crippen LogP contribution in [0.2, 0.25) is 0 Å². The molecule has 1 aliphatic carbocycles. The fourth-order valence-electron chi connectivity index (χ4n) is 2.14. The number of para-hydroxylation sites is 1. The first kappa shape index (κ1) is 10.5. The number of imide groups is 1. The Morgan fingerprint density at radius 3 is 2.47 bits per heavy atom. The minimum Gasteiger partial charge on any atom is -0.303 e. The fourth-order valence-corrected chi connectivity index (χ4v) is 2.14. The monoisotopic (exact) mass is 230 g/mol. The molecule has 1 atom stereocenters. The van der Waals surface area contributed by atoms with Gasteiger partial charge in [0.05, 0.1) is 18.2 Å². The molecular weight excluding hydrogens is 216 g/mol. The lowest BCUT2D eigenvalue weighted by Gasteiger charge is -2.15. The lowest BCUT2D eigenvalue weighted by atomic mass is 10.2. The topological polar surface area (TPSA) is 49.4 Å². The quantitative estimate of drug-likeness (QED) is 0.790. The van der Waals surface area contributed by atoms with Crippen molar-refractivity contribution in [3.05, 3.63) is 30.3 Å². The highest BCUT2D eigenvalue weighted by atomic mass is 16.2.